The molecule has 1 fully saturated rings. The molecule has 1 saturated heterocycles. The van der Waals surface area contributed by atoms with Gasteiger partial charge in [0.2, 0.25) is 41.4 Å². The Balaban J connectivity index is 2.01. The summed E-state index contributed by atoms with van der Waals surface area (Å²) in [4.78, 5) is 110. The summed E-state index contributed by atoms with van der Waals surface area (Å²) < 4.78 is 0. The van der Waals surface area contributed by atoms with Gasteiger partial charge in [-0.25, -0.2) is 4.79 Å². The first kappa shape index (κ1) is 47.5. The lowest BCUT2D eigenvalue weighted by Crippen LogP contribution is -2.60. The molecule has 0 unspecified atom stereocenters. The Labute approximate surface area is 349 Å². The summed E-state index contributed by atoms with van der Waals surface area (Å²) in [5.74, 6) is -6.88. The number of carbonyl (C=O) groups is 8. The van der Waals surface area contributed by atoms with Gasteiger partial charge in [0.05, 0.1) is 0 Å². The standard InChI is InChI=1S/C38H52N10O9S2/c1-21(42-23(3)49)31(50)43-22(2)32(51)47-29-19-58-59-20-30(37(56)57)48-35(54)28(18-25-13-8-5-9-14-25)46-34(53)27(17-24-11-6-4-7-12-24)45-33(52)26(44-36(29)55)15-10-16-41-38(39)40/h4-9,11-14,21-22,26-30H,10,15-20H2,1-3H3,(H,42,49)(H,43,50)(H,44,55)(H,45,52)(H,46,53)(H,47,51)(H,48,54)(H,56,57)(H4,39,40,41)/t21-,22-,26-,27-,28-,29+,30-/m0/s1. The monoisotopic (exact) mass is 856 g/mol. The van der Waals surface area contributed by atoms with Crippen molar-refractivity contribution in [2.24, 2.45) is 16.5 Å². The van der Waals surface area contributed by atoms with E-state index in [1.165, 1.54) is 20.8 Å². The minimum Gasteiger partial charge on any atom is -0.480 e. The van der Waals surface area contributed by atoms with Gasteiger partial charge in [-0.15, -0.1) is 0 Å². The molecular formula is C38H52N10O9S2. The number of nitrogens with two attached hydrogens (primary N) is 2. The topological polar surface area (TPSA) is 305 Å². The van der Waals surface area contributed by atoms with Crippen LogP contribution in [0.5, 0.6) is 0 Å². The van der Waals surface area contributed by atoms with Crippen LogP contribution in [0.1, 0.15) is 44.7 Å². The molecule has 0 spiro atoms. The number of benzene rings is 2. The Morgan fingerprint density at radius 1 is 0.729 bits per heavy atom. The van der Waals surface area contributed by atoms with Gasteiger partial charge in [0.1, 0.15) is 42.3 Å². The zero-order chi connectivity index (χ0) is 43.5. The Bertz CT molecular complexity index is 1820. The number of carbonyl (C=O) groups excluding carboxylic acids is 7. The van der Waals surface area contributed by atoms with Gasteiger partial charge in [0.25, 0.3) is 0 Å². The smallest absolute Gasteiger partial charge is 0.327 e. The maximum Gasteiger partial charge on any atom is 0.327 e. The van der Waals surface area contributed by atoms with Crippen LogP contribution >= 0.6 is 21.6 Å². The van der Waals surface area contributed by atoms with Crippen LogP contribution in [0.3, 0.4) is 0 Å². The normalized spacial score (nSPS) is 21.7. The molecule has 3 rings (SSSR count). The molecule has 2 aromatic rings. The molecule has 7 amide bonds. The van der Waals surface area contributed by atoms with Crippen molar-refractivity contribution in [1.29, 1.82) is 0 Å². The highest BCUT2D eigenvalue weighted by atomic mass is 33.1. The predicted octanol–water partition coefficient (Wildman–Crippen LogP) is -1.54. The number of aliphatic imine (C=N–C) groups is 1. The van der Waals surface area contributed by atoms with E-state index in [0.29, 0.717) is 11.1 Å². The van der Waals surface area contributed by atoms with Crippen LogP contribution in [0.2, 0.25) is 0 Å². The molecule has 12 N–H and O–H groups in total. The van der Waals surface area contributed by atoms with Gasteiger partial charge in [-0.2, -0.15) is 0 Å². The first-order chi connectivity index (χ1) is 28.0. The lowest BCUT2D eigenvalue weighted by molar-refractivity contribution is -0.141. The highest BCUT2D eigenvalue weighted by Gasteiger charge is 2.34. The third-order valence-corrected chi connectivity index (χ3v) is 11.2. The molecule has 1 heterocycles. The average molecular weight is 857 g/mol. The van der Waals surface area contributed by atoms with Gasteiger partial charge in [-0.05, 0) is 37.8 Å². The van der Waals surface area contributed by atoms with Crippen LogP contribution < -0.4 is 48.7 Å². The van der Waals surface area contributed by atoms with Gasteiger partial charge in [-0.1, -0.05) is 82.3 Å². The van der Waals surface area contributed by atoms with Crippen LogP contribution in [-0.4, -0.2) is 119 Å². The molecule has 0 saturated carbocycles. The fourth-order valence-electron chi connectivity index (χ4n) is 5.64. The van der Waals surface area contributed by atoms with Crippen molar-refractivity contribution in [3.8, 4) is 0 Å². The summed E-state index contributed by atoms with van der Waals surface area (Å²) in [6.45, 7) is 4.12. The summed E-state index contributed by atoms with van der Waals surface area (Å²) >= 11 is 0. The number of aliphatic carboxylic acids is 1. The number of hydrogen-bond acceptors (Lipinski definition) is 11. The zero-order valence-corrected chi connectivity index (χ0v) is 34.5. The predicted molar refractivity (Wildman–Crippen MR) is 223 cm³/mol. The van der Waals surface area contributed by atoms with Crippen LogP contribution in [0.4, 0.5) is 0 Å². The fraction of sp³-hybridized carbons (Fsp3) is 0.447. The molecule has 7 atom stereocenters. The van der Waals surface area contributed by atoms with Crippen LogP contribution in [0.25, 0.3) is 0 Å². The molecule has 1 aliphatic rings. The molecule has 19 nitrogen and oxygen atoms in total. The molecule has 0 radical (unpaired) electrons. The fourth-order valence-corrected chi connectivity index (χ4v) is 7.96. The van der Waals surface area contributed by atoms with Crippen LogP contribution in [-0.2, 0) is 51.2 Å². The number of amides is 7. The highest BCUT2D eigenvalue weighted by Crippen LogP contribution is 2.24. The van der Waals surface area contributed by atoms with E-state index >= 15 is 0 Å². The molecule has 320 valence electrons. The van der Waals surface area contributed by atoms with Gasteiger partial charge in [0.15, 0.2) is 5.96 Å². The van der Waals surface area contributed by atoms with Crippen LogP contribution in [0.15, 0.2) is 65.7 Å². The molecule has 0 aliphatic carbocycles. The van der Waals surface area contributed by atoms with Gasteiger partial charge in [-0.3, -0.25) is 38.6 Å². The number of nitrogens with zero attached hydrogens (tertiary/aromatic N) is 1. The molecule has 21 heteroatoms. The number of nitrogens with one attached hydrogen (secondary N) is 7. The van der Waals surface area contributed by atoms with Crippen molar-refractivity contribution in [2.45, 2.75) is 88.7 Å². The summed E-state index contributed by atoms with van der Waals surface area (Å²) in [5.41, 5.74) is 12.3. The number of rotatable bonds is 14. The summed E-state index contributed by atoms with van der Waals surface area (Å²) in [6, 6.07) is 8.80. The quantitative estimate of drug-likeness (QED) is 0.0447. The summed E-state index contributed by atoms with van der Waals surface area (Å²) in [5, 5.41) is 28.1. The van der Waals surface area contributed by atoms with Crippen molar-refractivity contribution in [3.63, 3.8) is 0 Å². The molecule has 59 heavy (non-hydrogen) atoms. The van der Waals surface area contributed by atoms with E-state index in [1.54, 1.807) is 60.7 Å². The van der Waals surface area contributed by atoms with E-state index in [1.807, 2.05) is 0 Å². The average Bonchev–Trinajstić information content (AvgIpc) is 3.18. The third kappa shape index (κ3) is 16.9. The van der Waals surface area contributed by atoms with E-state index < -0.39 is 89.6 Å². The maximum absolute atomic E-state index is 14.1. The SMILES string of the molecule is CC(=O)N[C@@H](C)C(=O)N[C@@H](C)C(=O)N[C@@H]1CSSC[C@@H](C(=O)O)NC(=O)[C@H](Cc2ccccc2)NC(=O)[C@H](Cc2ccccc2)NC(=O)[C@H](CCCN=C(N)N)NC1=O. The number of guanidine groups is 1. The second-order valence-electron chi connectivity index (χ2n) is 13.7. The molecule has 2 aromatic carbocycles. The van der Waals surface area contributed by atoms with E-state index in [-0.39, 0.29) is 49.7 Å². The van der Waals surface area contributed by atoms with Gasteiger partial charge < -0.3 is 53.8 Å². The van der Waals surface area contributed by atoms with Gasteiger partial charge >= 0.3 is 5.97 Å². The van der Waals surface area contributed by atoms with Gasteiger partial charge in [0, 0.05) is 37.8 Å². The maximum atomic E-state index is 14.1. The van der Waals surface area contributed by atoms with Crippen molar-refractivity contribution in [1.82, 2.24) is 37.2 Å². The Hall–Kier alpha value is -5.83. The third-order valence-electron chi connectivity index (χ3n) is 8.77. The van der Waals surface area contributed by atoms with Crippen molar-refractivity contribution < 1.29 is 43.5 Å². The number of carboxylic acids is 1. The minimum atomic E-state index is -1.43. The van der Waals surface area contributed by atoms with Crippen LogP contribution in [0, 0.1) is 0 Å². The Morgan fingerprint density at radius 3 is 1.75 bits per heavy atom. The lowest BCUT2D eigenvalue weighted by Gasteiger charge is -2.27. The molecular weight excluding hydrogens is 805 g/mol. The zero-order valence-electron chi connectivity index (χ0n) is 32.9. The van der Waals surface area contributed by atoms with E-state index in [0.717, 1.165) is 21.6 Å². The van der Waals surface area contributed by atoms with Crippen molar-refractivity contribution in [2.75, 3.05) is 18.1 Å². The molecule has 0 aromatic heterocycles. The lowest BCUT2D eigenvalue weighted by atomic mass is 10.0. The first-order valence-corrected chi connectivity index (χ1v) is 21.2. The minimum absolute atomic E-state index is 0.00543. The second-order valence-corrected chi connectivity index (χ2v) is 16.2. The van der Waals surface area contributed by atoms with E-state index in [2.05, 4.69) is 42.2 Å². The van der Waals surface area contributed by atoms with E-state index in [9.17, 15) is 43.5 Å². The largest absolute Gasteiger partial charge is 0.480 e. The number of hydrogen-bond donors (Lipinski definition) is 10. The molecule has 1 aliphatic heterocycles. The Kier molecular flexibility index (Phi) is 19.5. The summed E-state index contributed by atoms with van der Waals surface area (Å²) in [7, 11) is 2.01. The first-order valence-electron chi connectivity index (χ1n) is 18.7. The second kappa shape index (κ2) is 24.2. The highest BCUT2D eigenvalue weighted by molar-refractivity contribution is 8.76. The summed E-state index contributed by atoms with van der Waals surface area (Å²) in [6.07, 6.45) is 0.164. The van der Waals surface area contributed by atoms with E-state index in [4.69, 9.17) is 11.5 Å². The molecule has 0 bridgehead atoms. The number of carboxylic acid groups (broad SMARTS) is 1. The van der Waals surface area contributed by atoms with Crippen molar-refractivity contribution >= 4 is 74.9 Å². The Morgan fingerprint density at radius 2 is 1.22 bits per heavy atom. The van der Waals surface area contributed by atoms with Crippen molar-refractivity contribution in [3.05, 3.63) is 71.8 Å².